The average molecular weight is 140 g/mol. The quantitative estimate of drug-likeness (QED) is 0.586. The van der Waals surface area contributed by atoms with Crippen LogP contribution in [0.5, 0.6) is 0 Å². The fourth-order valence-corrected chi connectivity index (χ4v) is 0.578. The molecule has 0 aliphatic heterocycles. The first kappa shape index (κ1) is 6.73. The molecule has 0 unspecified atom stereocenters. The Morgan fingerprint density at radius 1 is 1.80 bits per heavy atom. The topological polar surface area (TPSA) is 70.7 Å². The van der Waals surface area contributed by atoms with Crippen LogP contribution in [0.25, 0.3) is 0 Å². The van der Waals surface area contributed by atoms with E-state index in [1.807, 2.05) is 6.92 Å². The van der Waals surface area contributed by atoms with Gasteiger partial charge in [-0.15, -0.1) is 0 Å². The lowest BCUT2D eigenvalue weighted by molar-refractivity contribution is 0.910. The molecule has 0 aliphatic rings. The molecule has 0 bridgehead atoms. The molecule has 54 valence electrons. The fraction of sp³-hybridized carbons (Fsp3) is 0.400. The monoisotopic (exact) mass is 140 g/mol. The first-order valence-corrected chi connectivity index (χ1v) is 2.98. The SMILES string of the molecule is CCNc1cn[nH]c(=O)n1. The Balaban J connectivity index is 2.85. The van der Waals surface area contributed by atoms with Crippen LogP contribution < -0.4 is 11.0 Å². The third-order valence-electron chi connectivity index (χ3n) is 0.927. The van der Waals surface area contributed by atoms with Crippen molar-refractivity contribution < 1.29 is 0 Å². The molecule has 10 heavy (non-hydrogen) atoms. The zero-order valence-electron chi connectivity index (χ0n) is 5.59. The summed E-state index contributed by atoms with van der Waals surface area (Å²) in [5.41, 5.74) is -0.432. The van der Waals surface area contributed by atoms with Gasteiger partial charge in [0.25, 0.3) is 0 Å². The Labute approximate surface area is 57.5 Å². The van der Waals surface area contributed by atoms with Gasteiger partial charge in [-0.3, -0.25) is 0 Å². The van der Waals surface area contributed by atoms with Gasteiger partial charge in [-0.05, 0) is 6.92 Å². The van der Waals surface area contributed by atoms with E-state index in [-0.39, 0.29) is 0 Å². The van der Waals surface area contributed by atoms with Gasteiger partial charge in [-0.1, -0.05) is 0 Å². The highest BCUT2D eigenvalue weighted by Crippen LogP contribution is 1.90. The van der Waals surface area contributed by atoms with Crippen LogP contribution >= 0.6 is 0 Å². The smallest absolute Gasteiger partial charge is 0.363 e. The molecule has 0 amide bonds. The maximum absolute atomic E-state index is 10.5. The maximum Gasteiger partial charge on any atom is 0.363 e. The van der Waals surface area contributed by atoms with Gasteiger partial charge in [-0.2, -0.15) is 10.1 Å². The van der Waals surface area contributed by atoms with Crippen LogP contribution in [0.15, 0.2) is 11.0 Å². The molecule has 0 saturated heterocycles. The lowest BCUT2D eigenvalue weighted by Crippen LogP contribution is -2.14. The number of aromatic nitrogens is 3. The van der Waals surface area contributed by atoms with Crippen molar-refractivity contribution in [1.29, 1.82) is 0 Å². The predicted octanol–water partition coefficient (Wildman–Crippen LogP) is -0.403. The van der Waals surface area contributed by atoms with Gasteiger partial charge in [-0.25, -0.2) is 9.89 Å². The van der Waals surface area contributed by atoms with E-state index in [2.05, 4.69) is 20.5 Å². The Morgan fingerprint density at radius 3 is 3.20 bits per heavy atom. The van der Waals surface area contributed by atoms with Crippen LogP contribution in [0, 0.1) is 0 Å². The predicted molar refractivity (Wildman–Crippen MR) is 36.8 cm³/mol. The Bertz CT molecular complexity index is 256. The molecule has 1 aromatic rings. The number of hydrogen-bond acceptors (Lipinski definition) is 4. The van der Waals surface area contributed by atoms with E-state index in [0.717, 1.165) is 6.54 Å². The van der Waals surface area contributed by atoms with Crippen molar-refractivity contribution in [3.05, 3.63) is 16.7 Å². The highest BCUT2D eigenvalue weighted by molar-refractivity contribution is 5.28. The molecule has 0 saturated carbocycles. The van der Waals surface area contributed by atoms with Crippen LogP contribution in [0.4, 0.5) is 5.82 Å². The third-order valence-corrected chi connectivity index (χ3v) is 0.927. The van der Waals surface area contributed by atoms with Crippen molar-refractivity contribution in [2.75, 3.05) is 11.9 Å². The van der Waals surface area contributed by atoms with Gasteiger partial charge in [0.05, 0.1) is 6.20 Å². The number of rotatable bonds is 2. The van der Waals surface area contributed by atoms with Gasteiger partial charge in [0, 0.05) is 6.54 Å². The van der Waals surface area contributed by atoms with Crippen LogP contribution in [0.2, 0.25) is 0 Å². The van der Waals surface area contributed by atoms with Gasteiger partial charge >= 0.3 is 5.69 Å². The number of nitrogens with zero attached hydrogens (tertiary/aromatic N) is 2. The molecule has 1 rings (SSSR count). The lowest BCUT2D eigenvalue weighted by Gasteiger charge is -1.96. The van der Waals surface area contributed by atoms with Gasteiger partial charge in [0.1, 0.15) is 0 Å². The van der Waals surface area contributed by atoms with Crippen LogP contribution in [0.1, 0.15) is 6.92 Å². The number of aromatic amines is 1. The van der Waals surface area contributed by atoms with E-state index in [9.17, 15) is 4.79 Å². The summed E-state index contributed by atoms with van der Waals surface area (Å²) in [6.45, 7) is 2.65. The van der Waals surface area contributed by atoms with Crippen molar-refractivity contribution in [2.45, 2.75) is 6.92 Å². The van der Waals surface area contributed by atoms with E-state index in [4.69, 9.17) is 0 Å². The van der Waals surface area contributed by atoms with E-state index in [1.165, 1.54) is 6.20 Å². The second-order valence-corrected chi connectivity index (χ2v) is 1.70. The summed E-state index contributed by atoms with van der Waals surface area (Å²) >= 11 is 0. The zero-order valence-corrected chi connectivity index (χ0v) is 5.59. The summed E-state index contributed by atoms with van der Waals surface area (Å²) in [7, 11) is 0. The van der Waals surface area contributed by atoms with Crippen LogP contribution in [0.3, 0.4) is 0 Å². The summed E-state index contributed by atoms with van der Waals surface area (Å²) in [5.74, 6) is 0.506. The number of anilines is 1. The van der Waals surface area contributed by atoms with E-state index >= 15 is 0 Å². The molecular weight excluding hydrogens is 132 g/mol. The second kappa shape index (κ2) is 2.95. The number of nitrogens with one attached hydrogen (secondary N) is 2. The fourth-order valence-electron chi connectivity index (χ4n) is 0.578. The van der Waals surface area contributed by atoms with Crippen molar-refractivity contribution in [3.8, 4) is 0 Å². The van der Waals surface area contributed by atoms with Crippen molar-refractivity contribution in [1.82, 2.24) is 15.2 Å². The molecule has 1 aromatic heterocycles. The minimum Gasteiger partial charge on any atom is -0.369 e. The number of hydrogen-bond donors (Lipinski definition) is 2. The second-order valence-electron chi connectivity index (χ2n) is 1.70. The molecule has 2 N–H and O–H groups in total. The van der Waals surface area contributed by atoms with E-state index in [0.29, 0.717) is 5.82 Å². The molecule has 0 aliphatic carbocycles. The summed E-state index contributed by atoms with van der Waals surface area (Å²) in [6.07, 6.45) is 1.46. The molecule has 0 fully saturated rings. The molecule has 0 spiro atoms. The van der Waals surface area contributed by atoms with Gasteiger partial charge in [0.2, 0.25) is 0 Å². The normalized spacial score (nSPS) is 9.30. The zero-order chi connectivity index (χ0) is 7.40. The molecular formula is C5H8N4O. The summed E-state index contributed by atoms with van der Waals surface area (Å²) in [4.78, 5) is 14.1. The highest BCUT2D eigenvalue weighted by atomic mass is 16.1. The van der Waals surface area contributed by atoms with E-state index in [1.54, 1.807) is 0 Å². The van der Waals surface area contributed by atoms with Gasteiger partial charge in [0.15, 0.2) is 5.82 Å². The standard InChI is InChI=1S/C5H8N4O/c1-2-6-4-3-7-9-5(10)8-4/h3H,2H2,1H3,(H2,6,8,9,10). The molecule has 1 heterocycles. The summed E-state index contributed by atoms with van der Waals surface area (Å²) < 4.78 is 0. The van der Waals surface area contributed by atoms with Crippen LogP contribution in [-0.4, -0.2) is 21.7 Å². The highest BCUT2D eigenvalue weighted by Gasteiger charge is 1.89. The van der Waals surface area contributed by atoms with Gasteiger partial charge < -0.3 is 5.32 Å². The molecule has 5 nitrogen and oxygen atoms in total. The summed E-state index contributed by atoms with van der Waals surface area (Å²) in [6, 6.07) is 0. The van der Waals surface area contributed by atoms with Crippen molar-refractivity contribution >= 4 is 5.82 Å². The molecule has 0 aromatic carbocycles. The molecule has 0 atom stereocenters. The first-order valence-electron chi connectivity index (χ1n) is 2.98. The third kappa shape index (κ3) is 1.54. The van der Waals surface area contributed by atoms with Crippen molar-refractivity contribution in [2.24, 2.45) is 0 Å². The van der Waals surface area contributed by atoms with Crippen molar-refractivity contribution in [3.63, 3.8) is 0 Å². The minimum atomic E-state index is -0.432. The van der Waals surface area contributed by atoms with E-state index < -0.39 is 5.69 Å². The van der Waals surface area contributed by atoms with Crippen LogP contribution in [-0.2, 0) is 0 Å². The largest absolute Gasteiger partial charge is 0.369 e. The average Bonchev–Trinajstić information content (AvgIpc) is 1.88. The maximum atomic E-state index is 10.5. The Kier molecular flexibility index (Phi) is 1.99. The summed E-state index contributed by atoms with van der Waals surface area (Å²) in [5, 5.41) is 8.57. The lowest BCUT2D eigenvalue weighted by atomic mass is 10.6. The molecule has 0 radical (unpaired) electrons. The first-order chi connectivity index (χ1) is 4.83. The Morgan fingerprint density at radius 2 is 2.60 bits per heavy atom. The Hall–Kier alpha value is -1.39. The molecule has 5 heteroatoms. The number of H-pyrrole nitrogens is 1. The minimum absolute atomic E-state index is 0.432.